The van der Waals surface area contributed by atoms with E-state index in [0.29, 0.717) is 22.7 Å². The SMILES string of the molecule is COc1ccccc1/C=C1\Oc2ccc(C(=O)NC3CC3)cc2NC1=O. The molecule has 1 saturated carbocycles. The van der Waals surface area contributed by atoms with Gasteiger partial charge in [0.15, 0.2) is 11.5 Å². The second-order valence-corrected chi connectivity index (χ2v) is 6.27. The molecule has 2 aromatic rings. The molecule has 0 bridgehead atoms. The molecule has 1 fully saturated rings. The summed E-state index contributed by atoms with van der Waals surface area (Å²) in [5.41, 5.74) is 1.72. The first-order valence-corrected chi connectivity index (χ1v) is 8.43. The van der Waals surface area contributed by atoms with Crippen molar-refractivity contribution in [3.05, 3.63) is 59.4 Å². The number of benzene rings is 2. The molecule has 132 valence electrons. The van der Waals surface area contributed by atoms with Gasteiger partial charge in [-0.2, -0.15) is 0 Å². The lowest BCUT2D eigenvalue weighted by molar-refractivity contribution is -0.115. The first-order valence-electron chi connectivity index (χ1n) is 8.43. The minimum absolute atomic E-state index is 0.139. The van der Waals surface area contributed by atoms with Gasteiger partial charge in [0.2, 0.25) is 0 Å². The zero-order valence-corrected chi connectivity index (χ0v) is 14.2. The highest BCUT2D eigenvalue weighted by Gasteiger charge is 2.26. The Morgan fingerprint density at radius 2 is 2.08 bits per heavy atom. The van der Waals surface area contributed by atoms with E-state index in [2.05, 4.69) is 10.6 Å². The number of para-hydroxylation sites is 1. The number of ether oxygens (including phenoxy) is 2. The summed E-state index contributed by atoms with van der Waals surface area (Å²) in [5, 5.41) is 5.70. The van der Waals surface area contributed by atoms with Crippen LogP contribution in [-0.2, 0) is 4.79 Å². The van der Waals surface area contributed by atoms with Gasteiger partial charge in [-0.05, 0) is 43.2 Å². The van der Waals surface area contributed by atoms with Gasteiger partial charge in [0.05, 0.1) is 12.8 Å². The molecule has 2 aliphatic rings. The summed E-state index contributed by atoms with van der Waals surface area (Å²) < 4.78 is 11.0. The molecule has 0 unspecified atom stereocenters. The van der Waals surface area contributed by atoms with Crippen molar-refractivity contribution in [1.29, 1.82) is 0 Å². The van der Waals surface area contributed by atoms with Crippen LogP contribution in [0.1, 0.15) is 28.8 Å². The largest absolute Gasteiger partial charge is 0.496 e. The van der Waals surface area contributed by atoms with Crippen LogP contribution in [0.4, 0.5) is 5.69 Å². The van der Waals surface area contributed by atoms with Crippen LogP contribution < -0.4 is 20.1 Å². The number of hydrogen-bond acceptors (Lipinski definition) is 4. The maximum Gasteiger partial charge on any atom is 0.291 e. The molecule has 1 aliphatic heterocycles. The lowest BCUT2D eigenvalue weighted by atomic mass is 10.1. The van der Waals surface area contributed by atoms with E-state index in [9.17, 15) is 9.59 Å². The Labute approximate surface area is 150 Å². The predicted molar refractivity (Wildman–Crippen MR) is 97.2 cm³/mol. The Balaban J connectivity index is 1.59. The van der Waals surface area contributed by atoms with Gasteiger partial charge in [-0.25, -0.2) is 0 Å². The molecule has 26 heavy (non-hydrogen) atoms. The lowest BCUT2D eigenvalue weighted by Crippen LogP contribution is -2.27. The molecule has 0 saturated heterocycles. The first kappa shape index (κ1) is 16.2. The van der Waals surface area contributed by atoms with Crippen LogP contribution in [0.5, 0.6) is 11.5 Å². The Morgan fingerprint density at radius 1 is 1.27 bits per heavy atom. The fraction of sp³-hybridized carbons (Fsp3) is 0.200. The van der Waals surface area contributed by atoms with Crippen molar-refractivity contribution < 1.29 is 19.1 Å². The lowest BCUT2D eigenvalue weighted by Gasteiger charge is -2.20. The van der Waals surface area contributed by atoms with Gasteiger partial charge in [0.1, 0.15) is 5.75 Å². The van der Waals surface area contributed by atoms with Gasteiger partial charge in [0, 0.05) is 17.2 Å². The van der Waals surface area contributed by atoms with E-state index in [1.807, 2.05) is 24.3 Å². The van der Waals surface area contributed by atoms with Gasteiger partial charge >= 0.3 is 0 Å². The van der Waals surface area contributed by atoms with E-state index in [1.165, 1.54) is 0 Å². The predicted octanol–water partition coefficient (Wildman–Crippen LogP) is 2.96. The minimum Gasteiger partial charge on any atom is -0.496 e. The molecule has 4 rings (SSSR count). The van der Waals surface area contributed by atoms with E-state index in [0.717, 1.165) is 18.4 Å². The standard InChI is InChI=1S/C20H18N2O4/c1-25-16-5-3-2-4-12(16)11-18-20(24)22-15-10-13(6-9-17(15)26-18)19(23)21-14-7-8-14/h2-6,9-11,14H,7-8H2,1H3,(H,21,23)(H,22,24)/b18-11-. The molecular formula is C20H18N2O4. The average Bonchev–Trinajstić information content (AvgIpc) is 3.46. The van der Waals surface area contributed by atoms with Gasteiger partial charge < -0.3 is 20.1 Å². The summed E-state index contributed by atoms with van der Waals surface area (Å²) in [7, 11) is 1.57. The number of hydrogen-bond donors (Lipinski definition) is 2. The highest BCUT2D eigenvalue weighted by atomic mass is 16.5. The van der Waals surface area contributed by atoms with Gasteiger partial charge in [-0.1, -0.05) is 18.2 Å². The molecule has 1 heterocycles. The third-order valence-corrected chi connectivity index (χ3v) is 4.27. The first-order chi connectivity index (χ1) is 12.6. The summed E-state index contributed by atoms with van der Waals surface area (Å²) in [6.45, 7) is 0. The van der Waals surface area contributed by atoms with Crippen molar-refractivity contribution in [2.24, 2.45) is 0 Å². The third kappa shape index (κ3) is 3.26. The number of nitrogens with one attached hydrogen (secondary N) is 2. The summed E-state index contributed by atoms with van der Waals surface area (Å²) in [5.74, 6) is 0.795. The van der Waals surface area contributed by atoms with Gasteiger partial charge in [0.25, 0.3) is 11.8 Å². The van der Waals surface area contributed by atoms with Crippen molar-refractivity contribution in [2.75, 3.05) is 12.4 Å². The quantitative estimate of drug-likeness (QED) is 0.831. The summed E-state index contributed by atoms with van der Waals surface area (Å²) in [6, 6.07) is 12.6. The van der Waals surface area contributed by atoms with E-state index in [1.54, 1.807) is 31.4 Å². The minimum atomic E-state index is -0.372. The molecular weight excluding hydrogens is 332 g/mol. The number of carbonyl (C=O) groups excluding carboxylic acids is 2. The highest BCUT2D eigenvalue weighted by molar-refractivity contribution is 6.09. The van der Waals surface area contributed by atoms with Gasteiger partial charge in [-0.15, -0.1) is 0 Å². The molecule has 2 amide bonds. The Kier molecular flexibility index (Phi) is 4.08. The normalized spacial score (nSPS) is 17.1. The number of amides is 2. The summed E-state index contributed by atoms with van der Waals surface area (Å²) in [6.07, 6.45) is 3.67. The maximum atomic E-state index is 12.4. The molecule has 2 aromatic carbocycles. The van der Waals surface area contributed by atoms with E-state index in [4.69, 9.17) is 9.47 Å². The number of anilines is 1. The van der Waals surface area contributed by atoms with Crippen LogP contribution in [0.2, 0.25) is 0 Å². The molecule has 0 aromatic heterocycles. The third-order valence-electron chi connectivity index (χ3n) is 4.27. The van der Waals surface area contributed by atoms with Crippen LogP contribution in [0.3, 0.4) is 0 Å². The number of rotatable bonds is 4. The van der Waals surface area contributed by atoms with Crippen LogP contribution in [-0.4, -0.2) is 25.0 Å². The summed E-state index contributed by atoms with van der Waals surface area (Å²) in [4.78, 5) is 24.5. The Bertz CT molecular complexity index is 916. The zero-order valence-electron chi connectivity index (χ0n) is 14.2. The zero-order chi connectivity index (χ0) is 18.1. The number of fused-ring (bicyclic) bond motifs is 1. The van der Waals surface area contributed by atoms with E-state index >= 15 is 0 Å². The smallest absolute Gasteiger partial charge is 0.291 e. The van der Waals surface area contributed by atoms with Crippen molar-refractivity contribution >= 4 is 23.6 Å². The number of carbonyl (C=O) groups is 2. The van der Waals surface area contributed by atoms with Crippen LogP contribution in [0.25, 0.3) is 6.08 Å². The van der Waals surface area contributed by atoms with Crippen LogP contribution >= 0.6 is 0 Å². The fourth-order valence-electron chi connectivity index (χ4n) is 2.72. The molecule has 1 aliphatic carbocycles. The van der Waals surface area contributed by atoms with Crippen molar-refractivity contribution in [3.63, 3.8) is 0 Å². The number of methoxy groups -OCH3 is 1. The Morgan fingerprint density at radius 3 is 2.85 bits per heavy atom. The average molecular weight is 350 g/mol. The van der Waals surface area contributed by atoms with Crippen molar-refractivity contribution in [2.45, 2.75) is 18.9 Å². The van der Waals surface area contributed by atoms with Crippen molar-refractivity contribution in [3.8, 4) is 11.5 Å². The molecule has 6 heteroatoms. The van der Waals surface area contributed by atoms with Crippen LogP contribution in [0.15, 0.2) is 48.2 Å². The van der Waals surface area contributed by atoms with E-state index < -0.39 is 0 Å². The van der Waals surface area contributed by atoms with Gasteiger partial charge in [-0.3, -0.25) is 9.59 Å². The van der Waals surface area contributed by atoms with Crippen molar-refractivity contribution in [1.82, 2.24) is 5.32 Å². The second-order valence-electron chi connectivity index (χ2n) is 6.27. The maximum absolute atomic E-state index is 12.4. The molecule has 0 spiro atoms. The molecule has 0 radical (unpaired) electrons. The summed E-state index contributed by atoms with van der Waals surface area (Å²) >= 11 is 0. The fourth-order valence-corrected chi connectivity index (χ4v) is 2.72. The topological polar surface area (TPSA) is 76.7 Å². The highest BCUT2D eigenvalue weighted by Crippen LogP contribution is 2.33. The Hall–Kier alpha value is -3.28. The molecule has 0 atom stereocenters. The van der Waals surface area contributed by atoms with E-state index in [-0.39, 0.29) is 23.6 Å². The second kappa shape index (κ2) is 6.55. The monoisotopic (exact) mass is 350 g/mol. The van der Waals surface area contributed by atoms with Crippen LogP contribution in [0, 0.1) is 0 Å². The molecule has 2 N–H and O–H groups in total. The molecule has 6 nitrogen and oxygen atoms in total.